The van der Waals surface area contributed by atoms with Crippen LogP contribution >= 0.6 is 0 Å². The Balaban J connectivity index is 1.47. The van der Waals surface area contributed by atoms with Gasteiger partial charge in [-0.2, -0.15) is 0 Å². The second-order valence-corrected chi connectivity index (χ2v) is 15.2. The minimum Gasteiger partial charge on any atom is -0.338 e. The average Bonchev–Trinajstić information content (AvgIpc) is 3.59. The number of nitrogens with one attached hydrogen (secondary N) is 1. The lowest BCUT2D eigenvalue weighted by molar-refractivity contribution is -0.146. The van der Waals surface area contributed by atoms with E-state index in [1.807, 2.05) is 9.80 Å². The Morgan fingerprint density at radius 2 is 1.61 bits per heavy atom. The zero-order valence-electron chi connectivity index (χ0n) is 27.4. The number of amides is 3. The Bertz CT molecular complexity index is 1230. The fraction of sp³-hybridized carbons (Fsp3) is 0.735. The first kappa shape index (κ1) is 32.8. The van der Waals surface area contributed by atoms with Crippen molar-refractivity contribution in [3.63, 3.8) is 0 Å². The molecule has 1 aromatic rings. The summed E-state index contributed by atoms with van der Waals surface area (Å²) >= 11 is 0. The molecule has 10 heteroatoms. The number of carbonyl (C=O) groups excluding carboxylic acids is 3. The fourth-order valence-electron chi connectivity index (χ4n) is 8.00. The van der Waals surface area contributed by atoms with Crippen molar-refractivity contribution in [3.8, 4) is 0 Å². The first-order valence-corrected chi connectivity index (χ1v) is 16.4. The van der Waals surface area contributed by atoms with Crippen LogP contribution in [0.2, 0.25) is 0 Å². The molecule has 4 aliphatic rings. The molecule has 0 aromatic heterocycles. The van der Waals surface area contributed by atoms with E-state index in [9.17, 15) is 18.8 Å². The summed E-state index contributed by atoms with van der Waals surface area (Å²) < 4.78 is 29.1. The summed E-state index contributed by atoms with van der Waals surface area (Å²) in [7, 11) is 0. The smallest absolute Gasteiger partial charge is 0.245 e. The molecule has 3 saturated heterocycles. The number of hydrogen-bond donors (Lipinski definition) is 1. The highest BCUT2D eigenvalue weighted by molar-refractivity contribution is 5.90. The standard InChI is InChI=1S/C34H51F2N5O3/c1-22(42)41(24-9-11-34(5,6)12-10-24)25-18-30(32(44)38-15-13-37-14-16-38)40(19-25)31(43)28-21-39(33(2,3)4)20-27(28)26-8-7-23(35)17-29(26)36/h7-8,17,24-25,27-28,30,37H,9-16,18-21H2,1-6H3/t25-,27-,28-,30-/m0/s1. The van der Waals surface area contributed by atoms with E-state index < -0.39 is 29.5 Å². The van der Waals surface area contributed by atoms with Gasteiger partial charge in [0.2, 0.25) is 17.7 Å². The molecule has 0 bridgehead atoms. The second-order valence-electron chi connectivity index (χ2n) is 15.2. The third-order valence-electron chi connectivity index (χ3n) is 10.7. The SMILES string of the molecule is CC(=O)N(C1CCC(C)(C)CC1)[C@H]1C[C@@H](C(=O)N2CCNCC2)N(C(=O)[C@H]2CN(C(C)(C)C)C[C@H]2c2ccc(F)cc2F)C1. The molecule has 3 aliphatic heterocycles. The summed E-state index contributed by atoms with van der Waals surface area (Å²) in [5.41, 5.74) is 0.296. The Hall–Kier alpha value is -2.59. The Morgan fingerprint density at radius 1 is 0.955 bits per heavy atom. The van der Waals surface area contributed by atoms with Crippen LogP contribution in [0.4, 0.5) is 8.78 Å². The molecular weight excluding hydrogens is 564 g/mol. The van der Waals surface area contributed by atoms with Crippen molar-refractivity contribution in [3.05, 3.63) is 35.4 Å². The molecule has 4 fully saturated rings. The second kappa shape index (κ2) is 12.7. The van der Waals surface area contributed by atoms with Crippen molar-refractivity contribution in [1.82, 2.24) is 24.9 Å². The van der Waals surface area contributed by atoms with Crippen molar-refractivity contribution >= 4 is 17.7 Å². The maximum atomic E-state index is 15.2. The van der Waals surface area contributed by atoms with Gasteiger partial charge in [0, 0.05) is 76.3 Å². The van der Waals surface area contributed by atoms with Crippen LogP contribution in [0.1, 0.15) is 85.1 Å². The number of likely N-dealkylation sites (tertiary alicyclic amines) is 2. The maximum Gasteiger partial charge on any atom is 0.245 e. The number of piperazine rings is 1. The monoisotopic (exact) mass is 615 g/mol. The molecule has 0 radical (unpaired) electrons. The molecule has 1 aliphatic carbocycles. The molecule has 5 rings (SSSR count). The van der Waals surface area contributed by atoms with E-state index in [2.05, 4.69) is 44.8 Å². The Morgan fingerprint density at radius 3 is 2.20 bits per heavy atom. The summed E-state index contributed by atoms with van der Waals surface area (Å²) in [4.78, 5) is 49.7. The molecule has 4 atom stereocenters. The van der Waals surface area contributed by atoms with Crippen LogP contribution < -0.4 is 5.32 Å². The molecule has 8 nitrogen and oxygen atoms in total. The number of carbonyl (C=O) groups is 3. The molecule has 44 heavy (non-hydrogen) atoms. The van der Waals surface area contributed by atoms with Crippen LogP contribution in [0.3, 0.4) is 0 Å². The van der Waals surface area contributed by atoms with Gasteiger partial charge in [0.1, 0.15) is 17.7 Å². The zero-order valence-corrected chi connectivity index (χ0v) is 27.4. The van der Waals surface area contributed by atoms with E-state index in [4.69, 9.17) is 0 Å². The number of benzene rings is 1. The summed E-state index contributed by atoms with van der Waals surface area (Å²) in [5, 5.41) is 3.29. The van der Waals surface area contributed by atoms with Gasteiger partial charge < -0.3 is 20.0 Å². The highest BCUT2D eigenvalue weighted by atomic mass is 19.1. The predicted molar refractivity (Wildman–Crippen MR) is 166 cm³/mol. The molecule has 3 heterocycles. The molecule has 0 unspecified atom stereocenters. The number of nitrogens with zero attached hydrogens (tertiary/aromatic N) is 4. The van der Waals surface area contributed by atoms with Crippen molar-refractivity contribution in [2.45, 2.75) is 103 Å². The van der Waals surface area contributed by atoms with E-state index in [0.29, 0.717) is 51.3 Å². The minimum absolute atomic E-state index is 0.0200. The molecule has 0 spiro atoms. The largest absolute Gasteiger partial charge is 0.338 e. The van der Waals surface area contributed by atoms with E-state index in [0.717, 1.165) is 31.7 Å². The lowest BCUT2D eigenvalue weighted by atomic mass is 9.75. The zero-order chi connectivity index (χ0) is 32.0. The maximum absolute atomic E-state index is 15.2. The van der Waals surface area contributed by atoms with Gasteiger partial charge in [0.15, 0.2) is 0 Å². The van der Waals surface area contributed by atoms with Crippen LogP contribution in [-0.2, 0) is 14.4 Å². The van der Waals surface area contributed by atoms with Gasteiger partial charge in [-0.3, -0.25) is 19.3 Å². The summed E-state index contributed by atoms with van der Waals surface area (Å²) in [6.07, 6.45) is 4.26. The first-order valence-electron chi connectivity index (χ1n) is 16.4. The van der Waals surface area contributed by atoms with Gasteiger partial charge in [0.05, 0.1) is 12.0 Å². The van der Waals surface area contributed by atoms with Gasteiger partial charge in [-0.15, -0.1) is 0 Å². The lowest BCUT2D eigenvalue weighted by Gasteiger charge is -2.42. The van der Waals surface area contributed by atoms with Gasteiger partial charge in [-0.1, -0.05) is 19.9 Å². The first-order chi connectivity index (χ1) is 20.7. The number of halogens is 2. The fourth-order valence-corrected chi connectivity index (χ4v) is 8.00. The van der Waals surface area contributed by atoms with Gasteiger partial charge in [0.25, 0.3) is 0 Å². The van der Waals surface area contributed by atoms with Crippen LogP contribution in [0.15, 0.2) is 18.2 Å². The quantitative estimate of drug-likeness (QED) is 0.542. The summed E-state index contributed by atoms with van der Waals surface area (Å²) in [6.45, 7) is 16.0. The van der Waals surface area contributed by atoms with Crippen molar-refractivity contribution in [2.75, 3.05) is 45.8 Å². The van der Waals surface area contributed by atoms with Crippen molar-refractivity contribution in [1.29, 1.82) is 0 Å². The highest BCUT2D eigenvalue weighted by Crippen LogP contribution is 2.42. The topological polar surface area (TPSA) is 76.2 Å². The summed E-state index contributed by atoms with van der Waals surface area (Å²) in [6, 6.07) is 2.73. The predicted octanol–water partition coefficient (Wildman–Crippen LogP) is 4.00. The average molecular weight is 616 g/mol. The van der Waals surface area contributed by atoms with E-state index in [1.165, 1.54) is 12.1 Å². The normalized spacial score (nSPS) is 28.4. The van der Waals surface area contributed by atoms with Gasteiger partial charge in [-0.05, 0) is 69.9 Å². The van der Waals surface area contributed by atoms with Gasteiger partial charge >= 0.3 is 0 Å². The molecule has 1 saturated carbocycles. The third-order valence-corrected chi connectivity index (χ3v) is 10.7. The molecule has 244 valence electrons. The Kier molecular flexibility index (Phi) is 9.44. The van der Waals surface area contributed by atoms with Crippen LogP contribution in [0, 0.1) is 23.0 Å². The lowest BCUT2D eigenvalue weighted by Crippen LogP contribution is -2.54. The van der Waals surface area contributed by atoms with E-state index >= 15 is 4.39 Å². The molecule has 3 amide bonds. The minimum atomic E-state index is -0.685. The van der Waals surface area contributed by atoms with Gasteiger partial charge in [-0.25, -0.2) is 8.78 Å². The van der Waals surface area contributed by atoms with Crippen molar-refractivity contribution < 1.29 is 23.2 Å². The van der Waals surface area contributed by atoms with Crippen LogP contribution in [-0.4, -0.2) is 107 Å². The third kappa shape index (κ3) is 6.81. The molecule has 1 aromatic carbocycles. The number of rotatable bonds is 5. The molecule has 1 N–H and O–H groups in total. The van der Waals surface area contributed by atoms with E-state index in [-0.39, 0.29) is 47.3 Å². The van der Waals surface area contributed by atoms with Crippen molar-refractivity contribution in [2.24, 2.45) is 11.3 Å². The van der Waals surface area contributed by atoms with E-state index in [1.54, 1.807) is 11.8 Å². The van der Waals surface area contributed by atoms with Crippen LogP contribution in [0.5, 0.6) is 0 Å². The Labute approximate surface area is 261 Å². The van der Waals surface area contributed by atoms with Crippen LogP contribution in [0.25, 0.3) is 0 Å². The molecular formula is C34H51F2N5O3. The highest BCUT2D eigenvalue weighted by Gasteiger charge is 2.51. The summed E-state index contributed by atoms with van der Waals surface area (Å²) in [5.74, 6) is -2.68. The number of hydrogen-bond acceptors (Lipinski definition) is 5.